The molecule has 96 valence electrons. The fourth-order valence-corrected chi connectivity index (χ4v) is 2.02. The number of alkyl halides is 1. The van der Waals surface area contributed by atoms with Crippen LogP contribution in [0.2, 0.25) is 0 Å². The van der Waals surface area contributed by atoms with Gasteiger partial charge in [0.1, 0.15) is 0 Å². The molecule has 2 aromatic rings. The van der Waals surface area contributed by atoms with Crippen LogP contribution in [0.15, 0.2) is 24.8 Å². The van der Waals surface area contributed by atoms with Gasteiger partial charge < -0.3 is 5.32 Å². The fourth-order valence-electron chi connectivity index (χ4n) is 1.72. The summed E-state index contributed by atoms with van der Waals surface area (Å²) in [7, 11) is 0. The Morgan fingerprint density at radius 2 is 2.39 bits per heavy atom. The van der Waals surface area contributed by atoms with Crippen LogP contribution in [0.25, 0.3) is 5.52 Å². The van der Waals surface area contributed by atoms with Crippen LogP contribution in [0.5, 0.6) is 0 Å². The summed E-state index contributed by atoms with van der Waals surface area (Å²) < 4.78 is 1.62. The third kappa shape index (κ3) is 2.79. The Morgan fingerprint density at radius 3 is 3.17 bits per heavy atom. The Balaban J connectivity index is 2.05. The molecule has 2 aromatic heterocycles. The molecule has 1 atom stereocenters. The highest BCUT2D eigenvalue weighted by atomic mass is 35.5. The molecule has 1 amide bonds. The molecule has 0 aliphatic heterocycles. The minimum absolute atomic E-state index is 0.0288. The molecule has 0 spiro atoms. The molecule has 2 rings (SSSR count). The lowest BCUT2D eigenvalue weighted by molar-refractivity contribution is 0.0955. The van der Waals surface area contributed by atoms with E-state index in [2.05, 4.69) is 22.3 Å². The number of nitrogens with zero attached hydrogens (tertiary/aromatic N) is 3. The van der Waals surface area contributed by atoms with Crippen LogP contribution in [-0.2, 0) is 0 Å². The SMILES string of the molecule is CCCC(Cl)CNC(=O)c1cnn2ccncc12. The Hall–Kier alpha value is -1.62. The topological polar surface area (TPSA) is 59.3 Å². The van der Waals surface area contributed by atoms with Gasteiger partial charge in [0.25, 0.3) is 5.91 Å². The van der Waals surface area contributed by atoms with Crippen molar-refractivity contribution in [2.45, 2.75) is 25.1 Å². The molecule has 0 saturated heterocycles. The van der Waals surface area contributed by atoms with Crippen LogP contribution >= 0.6 is 11.6 Å². The first-order valence-electron chi connectivity index (χ1n) is 5.92. The van der Waals surface area contributed by atoms with E-state index >= 15 is 0 Å². The number of aromatic nitrogens is 3. The Labute approximate surface area is 110 Å². The van der Waals surface area contributed by atoms with Crippen molar-refractivity contribution >= 4 is 23.0 Å². The van der Waals surface area contributed by atoms with Gasteiger partial charge >= 0.3 is 0 Å². The average Bonchev–Trinajstić information content (AvgIpc) is 2.80. The van der Waals surface area contributed by atoms with Gasteiger partial charge in [0.15, 0.2) is 0 Å². The van der Waals surface area contributed by atoms with Gasteiger partial charge in [-0.1, -0.05) is 13.3 Å². The van der Waals surface area contributed by atoms with Crippen molar-refractivity contribution in [2.75, 3.05) is 6.54 Å². The van der Waals surface area contributed by atoms with Crippen molar-refractivity contribution in [1.29, 1.82) is 0 Å². The average molecular weight is 267 g/mol. The standard InChI is InChI=1S/C12H15ClN4O/c1-2-3-9(13)6-15-12(18)10-7-16-17-5-4-14-8-11(10)17/h4-5,7-9H,2-3,6H2,1H3,(H,15,18). The second kappa shape index (κ2) is 5.82. The zero-order chi connectivity index (χ0) is 13.0. The molecular weight excluding hydrogens is 252 g/mol. The maximum Gasteiger partial charge on any atom is 0.255 e. The molecule has 0 aliphatic rings. The molecule has 0 fully saturated rings. The number of nitrogens with one attached hydrogen (secondary N) is 1. The normalized spacial score (nSPS) is 12.6. The van der Waals surface area contributed by atoms with Gasteiger partial charge in [0, 0.05) is 18.9 Å². The molecule has 0 radical (unpaired) electrons. The second-order valence-electron chi connectivity index (χ2n) is 4.06. The predicted octanol–water partition coefficient (Wildman–Crippen LogP) is 1.87. The third-order valence-electron chi connectivity index (χ3n) is 2.66. The number of hydrogen-bond donors (Lipinski definition) is 1. The van der Waals surface area contributed by atoms with Crippen LogP contribution in [0.3, 0.4) is 0 Å². The number of amides is 1. The van der Waals surface area contributed by atoms with Crippen molar-refractivity contribution in [3.8, 4) is 0 Å². The Morgan fingerprint density at radius 1 is 1.56 bits per heavy atom. The summed E-state index contributed by atoms with van der Waals surface area (Å²) in [6, 6.07) is 0. The van der Waals surface area contributed by atoms with Crippen LogP contribution in [0, 0.1) is 0 Å². The number of halogens is 1. The van der Waals surface area contributed by atoms with Crippen LogP contribution in [0.1, 0.15) is 30.1 Å². The zero-order valence-corrected chi connectivity index (χ0v) is 10.9. The van der Waals surface area contributed by atoms with E-state index in [1.165, 1.54) is 6.20 Å². The molecule has 18 heavy (non-hydrogen) atoms. The lowest BCUT2D eigenvalue weighted by Gasteiger charge is -2.08. The largest absolute Gasteiger partial charge is 0.350 e. The molecule has 1 unspecified atom stereocenters. The van der Waals surface area contributed by atoms with E-state index < -0.39 is 0 Å². The molecule has 5 nitrogen and oxygen atoms in total. The third-order valence-corrected chi connectivity index (χ3v) is 3.03. The lowest BCUT2D eigenvalue weighted by Crippen LogP contribution is -2.29. The highest BCUT2D eigenvalue weighted by molar-refractivity contribution is 6.21. The van der Waals surface area contributed by atoms with E-state index in [0.717, 1.165) is 12.8 Å². The molecule has 2 heterocycles. The van der Waals surface area contributed by atoms with Crippen molar-refractivity contribution in [1.82, 2.24) is 19.9 Å². The summed E-state index contributed by atoms with van der Waals surface area (Å²) in [6.45, 7) is 2.53. The summed E-state index contributed by atoms with van der Waals surface area (Å²) in [6.07, 6.45) is 8.37. The molecule has 0 aliphatic carbocycles. The number of hydrogen-bond acceptors (Lipinski definition) is 3. The van der Waals surface area contributed by atoms with Crippen LogP contribution in [-0.4, -0.2) is 32.4 Å². The smallest absolute Gasteiger partial charge is 0.255 e. The first-order valence-corrected chi connectivity index (χ1v) is 6.35. The van der Waals surface area contributed by atoms with Crippen LogP contribution < -0.4 is 5.32 Å². The van der Waals surface area contributed by atoms with Crippen LogP contribution in [0.4, 0.5) is 0 Å². The first kappa shape index (κ1) is 12.8. The van der Waals surface area contributed by atoms with E-state index in [-0.39, 0.29) is 11.3 Å². The molecule has 0 bridgehead atoms. The number of fused-ring (bicyclic) bond motifs is 1. The van der Waals surface area contributed by atoms with E-state index in [0.29, 0.717) is 17.6 Å². The van der Waals surface area contributed by atoms with Gasteiger partial charge in [0.2, 0.25) is 0 Å². The summed E-state index contributed by atoms with van der Waals surface area (Å²) in [5.41, 5.74) is 1.21. The van der Waals surface area contributed by atoms with Gasteiger partial charge in [-0.25, -0.2) is 4.52 Å². The number of rotatable bonds is 5. The summed E-state index contributed by atoms with van der Waals surface area (Å²) in [4.78, 5) is 16.0. The van der Waals surface area contributed by atoms with Crippen molar-refractivity contribution in [3.63, 3.8) is 0 Å². The van der Waals surface area contributed by atoms with Gasteiger partial charge in [-0.2, -0.15) is 5.10 Å². The Kier molecular flexibility index (Phi) is 4.15. The van der Waals surface area contributed by atoms with E-state index in [9.17, 15) is 4.79 Å². The van der Waals surface area contributed by atoms with Crippen molar-refractivity contribution in [2.24, 2.45) is 0 Å². The summed E-state index contributed by atoms with van der Waals surface area (Å²) in [5.74, 6) is -0.167. The van der Waals surface area contributed by atoms with Gasteiger partial charge in [-0.05, 0) is 6.42 Å². The maximum absolute atomic E-state index is 12.0. The molecule has 1 N–H and O–H groups in total. The predicted molar refractivity (Wildman–Crippen MR) is 69.9 cm³/mol. The quantitative estimate of drug-likeness (QED) is 0.841. The van der Waals surface area contributed by atoms with Gasteiger partial charge in [-0.3, -0.25) is 9.78 Å². The van der Waals surface area contributed by atoms with Gasteiger partial charge in [-0.15, -0.1) is 11.6 Å². The fraction of sp³-hybridized carbons (Fsp3) is 0.417. The zero-order valence-electron chi connectivity index (χ0n) is 10.1. The molecular formula is C12H15ClN4O. The minimum Gasteiger partial charge on any atom is -0.350 e. The summed E-state index contributed by atoms with van der Waals surface area (Å²) in [5, 5.41) is 6.87. The van der Waals surface area contributed by atoms with Gasteiger partial charge in [0.05, 0.1) is 28.9 Å². The Bertz CT molecular complexity index is 540. The summed E-state index contributed by atoms with van der Waals surface area (Å²) >= 11 is 6.06. The maximum atomic E-state index is 12.0. The molecule has 6 heteroatoms. The minimum atomic E-state index is -0.167. The molecule has 0 saturated carbocycles. The van der Waals surface area contributed by atoms with E-state index in [1.54, 1.807) is 23.1 Å². The lowest BCUT2D eigenvalue weighted by atomic mass is 10.2. The number of carbonyl (C=O) groups is 1. The number of carbonyl (C=O) groups excluding carboxylic acids is 1. The molecule has 0 aromatic carbocycles. The monoisotopic (exact) mass is 266 g/mol. The second-order valence-corrected chi connectivity index (χ2v) is 4.68. The highest BCUT2D eigenvalue weighted by Gasteiger charge is 2.13. The van der Waals surface area contributed by atoms with E-state index in [1.807, 2.05) is 0 Å². The highest BCUT2D eigenvalue weighted by Crippen LogP contribution is 2.09. The van der Waals surface area contributed by atoms with Crippen molar-refractivity contribution < 1.29 is 4.79 Å². The first-order chi connectivity index (χ1) is 8.72. The van der Waals surface area contributed by atoms with E-state index in [4.69, 9.17) is 11.6 Å². The van der Waals surface area contributed by atoms with Crippen molar-refractivity contribution in [3.05, 3.63) is 30.4 Å².